The Balaban J connectivity index is 2.99. The fourth-order valence-electron chi connectivity index (χ4n) is 0.914. The summed E-state index contributed by atoms with van der Waals surface area (Å²) in [4.78, 5) is 0. The summed E-state index contributed by atoms with van der Waals surface area (Å²) >= 11 is 0. The van der Waals surface area contributed by atoms with Gasteiger partial charge in [-0.2, -0.15) is 0 Å². The molecule has 0 radical (unpaired) electrons. The van der Waals surface area contributed by atoms with Crippen LogP contribution in [0.5, 0.6) is 0 Å². The Bertz CT molecular complexity index is 134. The van der Waals surface area contributed by atoms with Gasteiger partial charge in [0.2, 0.25) is 0 Å². The van der Waals surface area contributed by atoms with Crippen molar-refractivity contribution in [2.75, 3.05) is 39.6 Å². The highest BCUT2D eigenvalue weighted by Crippen LogP contribution is 2.05. The van der Waals surface area contributed by atoms with Crippen LogP contribution in [0.3, 0.4) is 0 Å². The van der Waals surface area contributed by atoms with Crippen molar-refractivity contribution in [2.24, 2.45) is 5.73 Å². The molecule has 0 fully saturated rings. The Morgan fingerprint density at radius 3 is 1.93 bits per heavy atom. The molecule has 0 rings (SSSR count). The van der Waals surface area contributed by atoms with Crippen molar-refractivity contribution in [3.05, 3.63) is 0 Å². The van der Waals surface area contributed by atoms with Crippen LogP contribution in [-0.2, 0) is 14.2 Å². The third kappa shape index (κ3) is 13.8. The average Bonchev–Trinajstić information content (AvgIpc) is 2.14. The van der Waals surface area contributed by atoms with Crippen LogP contribution in [0.4, 0.5) is 0 Å². The quantitative estimate of drug-likeness (QED) is 0.592. The van der Waals surface area contributed by atoms with Gasteiger partial charge in [0.05, 0.1) is 32.0 Å². The van der Waals surface area contributed by atoms with E-state index in [4.69, 9.17) is 19.9 Å². The van der Waals surface area contributed by atoms with Crippen molar-refractivity contribution in [1.82, 2.24) is 0 Å². The molecule has 2 N–H and O–H groups in total. The third-order valence-electron chi connectivity index (χ3n) is 1.63. The Labute approximate surface area is 93.1 Å². The molecule has 0 heterocycles. The van der Waals surface area contributed by atoms with Crippen LogP contribution < -0.4 is 5.73 Å². The maximum absolute atomic E-state index is 5.49. The second-order valence-electron chi connectivity index (χ2n) is 4.33. The summed E-state index contributed by atoms with van der Waals surface area (Å²) in [7, 11) is 0. The minimum Gasteiger partial charge on any atom is -0.379 e. The van der Waals surface area contributed by atoms with Gasteiger partial charge in [-0.25, -0.2) is 0 Å². The lowest BCUT2D eigenvalue weighted by molar-refractivity contribution is -0.0424. The van der Waals surface area contributed by atoms with Gasteiger partial charge in [-0.1, -0.05) is 0 Å². The average molecular weight is 219 g/mol. The molecule has 0 aromatic carbocycles. The molecular weight excluding hydrogens is 194 g/mol. The van der Waals surface area contributed by atoms with E-state index in [0.717, 1.165) is 13.0 Å². The molecule has 0 unspecified atom stereocenters. The Hall–Kier alpha value is -0.160. The molecule has 0 amide bonds. The van der Waals surface area contributed by atoms with E-state index in [1.807, 2.05) is 20.8 Å². The maximum atomic E-state index is 5.49. The summed E-state index contributed by atoms with van der Waals surface area (Å²) in [6.45, 7) is 10.0. The lowest BCUT2D eigenvalue weighted by Crippen LogP contribution is -2.22. The molecule has 0 bridgehead atoms. The molecule has 0 spiro atoms. The van der Waals surface area contributed by atoms with E-state index in [2.05, 4.69) is 0 Å². The zero-order chi connectivity index (χ0) is 11.6. The van der Waals surface area contributed by atoms with Crippen LogP contribution in [0.1, 0.15) is 27.2 Å². The van der Waals surface area contributed by atoms with Gasteiger partial charge in [0.25, 0.3) is 0 Å². The van der Waals surface area contributed by atoms with E-state index in [9.17, 15) is 0 Å². The SMILES string of the molecule is CC(C)(C)OCCOCCOCCCN. The molecule has 0 aliphatic rings. The molecule has 0 aliphatic heterocycles. The molecule has 0 saturated heterocycles. The van der Waals surface area contributed by atoms with E-state index in [1.165, 1.54) is 0 Å². The zero-order valence-corrected chi connectivity index (χ0v) is 10.3. The Morgan fingerprint density at radius 1 is 0.867 bits per heavy atom. The van der Waals surface area contributed by atoms with Crippen molar-refractivity contribution < 1.29 is 14.2 Å². The van der Waals surface area contributed by atoms with E-state index >= 15 is 0 Å². The van der Waals surface area contributed by atoms with Crippen molar-refractivity contribution >= 4 is 0 Å². The van der Waals surface area contributed by atoms with Crippen LogP contribution in [0.2, 0.25) is 0 Å². The largest absolute Gasteiger partial charge is 0.379 e. The summed E-state index contributed by atoms with van der Waals surface area (Å²) in [5.41, 5.74) is 5.24. The predicted octanol–water partition coefficient (Wildman–Crippen LogP) is 1.18. The number of hydrogen-bond acceptors (Lipinski definition) is 4. The molecule has 4 heteroatoms. The van der Waals surface area contributed by atoms with Crippen LogP contribution in [0, 0.1) is 0 Å². The lowest BCUT2D eigenvalue weighted by atomic mass is 10.2. The maximum Gasteiger partial charge on any atom is 0.0707 e. The van der Waals surface area contributed by atoms with E-state index in [-0.39, 0.29) is 5.60 Å². The van der Waals surface area contributed by atoms with Gasteiger partial charge in [-0.3, -0.25) is 0 Å². The van der Waals surface area contributed by atoms with Crippen molar-refractivity contribution in [3.63, 3.8) is 0 Å². The minimum absolute atomic E-state index is 0.0824. The van der Waals surface area contributed by atoms with Crippen LogP contribution in [0.15, 0.2) is 0 Å². The van der Waals surface area contributed by atoms with Gasteiger partial charge in [-0.05, 0) is 33.7 Å². The normalized spacial score (nSPS) is 12.0. The van der Waals surface area contributed by atoms with Gasteiger partial charge in [0.1, 0.15) is 0 Å². The molecular formula is C11H25NO3. The Kier molecular flexibility index (Phi) is 9.00. The predicted molar refractivity (Wildman–Crippen MR) is 61.0 cm³/mol. The van der Waals surface area contributed by atoms with Crippen LogP contribution in [0.25, 0.3) is 0 Å². The first kappa shape index (κ1) is 14.8. The van der Waals surface area contributed by atoms with E-state index < -0.39 is 0 Å². The van der Waals surface area contributed by atoms with Crippen molar-refractivity contribution in [1.29, 1.82) is 0 Å². The third-order valence-corrected chi connectivity index (χ3v) is 1.63. The molecule has 4 nitrogen and oxygen atoms in total. The first-order chi connectivity index (χ1) is 7.06. The summed E-state index contributed by atoms with van der Waals surface area (Å²) in [5, 5.41) is 0. The lowest BCUT2D eigenvalue weighted by Gasteiger charge is -2.19. The first-order valence-corrected chi connectivity index (χ1v) is 5.56. The van der Waals surface area contributed by atoms with Gasteiger partial charge in [0.15, 0.2) is 0 Å². The molecule has 92 valence electrons. The minimum atomic E-state index is -0.0824. The smallest absolute Gasteiger partial charge is 0.0707 e. The molecule has 15 heavy (non-hydrogen) atoms. The highest BCUT2D eigenvalue weighted by Gasteiger charge is 2.08. The monoisotopic (exact) mass is 219 g/mol. The van der Waals surface area contributed by atoms with Gasteiger partial charge in [0, 0.05) is 6.61 Å². The number of ether oxygens (including phenoxy) is 3. The zero-order valence-electron chi connectivity index (χ0n) is 10.3. The van der Waals surface area contributed by atoms with Crippen LogP contribution in [-0.4, -0.2) is 45.2 Å². The molecule has 0 aromatic heterocycles. The van der Waals surface area contributed by atoms with Gasteiger partial charge < -0.3 is 19.9 Å². The van der Waals surface area contributed by atoms with Gasteiger partial charge in [-0.15, -0.1) is 0 Å². The number of nitrogens with two attached hydrogens (primary N) is 1. The van der Waals surface area contributed by atoms with E-state index in [0.29, 0.717) is 33.0 Å². The topological polar surface area (TPSA) is 53.7 Å². The number of hydrogen-bond donors (Lipinski definition) is 1. The van der Waals surface area contributed by atoms with Crippen LogP contribution >= 0.6 is 0 Å². The second-order valence-corrected chi connectivity index (χ2v) is 4.33. The van der Waals surface area contributed by atoms with Gasteiger partial charge >= 0.3 is 0 Å². The second kappa shape index (κ2) is 9.09. The first-order valence-electron chi connectivity index (χ1n) is 5.56. The summed E-state index contributed by atoms with van der Waals surface area (Å²) < 4.78 is 16.1. The summed E-state index contributed by atoms with van der Waals surface area (Å²) in [5.74, 6) is 0. The molecule has 0 aromatic rings. The fourth-order valence-corrected chi connectivity index (χ4v) is 0.914. The highest BCUT2D eigenvalue weighted by atomic mass is 16.5. The van der Waals surface area contributed by atoms with E-state index in [1.54, 1.807) is 0 Å². The fraction of sp³-hybridized carbons (Fsp3) is 1.00. The molecule has 0 aliphatic carbocycles. The summed E-state index contributed by atoms with van der Waals surface area (Å²) in [6, 6.07) is 0. The molecule has 0 saturated carbocycles. The summed E-state index contributed by atoms with van der Waals surface area (Å²) in [6.07, 6.45) is 0.910. The molecule has 0 atom stereocenters. The van der Waals surface area contributed by atoms with Crippen molar-refractivity contribution in [3.8, 4) is 0 Å². The van der Waals surface area contributed by atoms with Crippen molar-refractivity contribution in [2.45, 2.75) is 32.8 Å². The highest BCUT2D eigenvalue weighted by molar-refractivity contribution is 4.57. The standard InChI is InChI=1S/C11H25NO3/c1-11(2,3)15-10-9-14-8-7-13-6-4-5-12/h4-10,12H2,1-3H3. The Morgan fingerprint density at radius 2 is 1.40 bits per heavy atom. The number of rotatable bonds is 9.